The molecule has 4 aromatic carbocycles. The second-order valence-corrected chi connectivity index (χ2v) is 18.2. The van der Waals surface area contributed by atoms with Gasteiger partial charge in [0.15, 0.2) is 0 Å². The lowest BCUT2D eigenvalue weighted by atomic mass is 9.79. The van der Waals surface area contributed by atoms with Crippen LogP contribution in [0.15, 0.2) is 148 Å². The van der Waals surface area contributed by atoms with Crippen LogP contribution in [0.3, 0.4) is 0 Å². The molecule has 1 fully saturated rings. The third-order valence-electron chi connectivity index (χ3n) is 10.1. The molecule has 2 aromatic heterocycles. The van der Waals surface area contributed by atoms with Crippen molar-refractivity contribution in [2.45, 2.75) is 67.4 Å². The van der Waals surface area contributed by atoms with Gasteiger partial charge in [0, 0.05) is 49.3 Å². The van der Waals surface area contributed by atoms with Crippen molar-refractivity contribution in [2.24, 2.45) is 0 Å². The van der Waals surface area contributed by atoms with Gasteiger partial charge in [0.05, 0.1) is 23.1 Å². The SMILES string of the molecule is CSc1ccc(NC(=O)Nc2ccc(B3OC(C)(C)C(C)(C)O3)cc2)cc1.CSc1ccc(NC(=O)Nc2ccc(C)cn2)cc1.CSc1ccc(NC(=O)Nc2ccc(C)nc2)cc1. The number of anilines is 6. The van der Waals surface area contributed by atoms with Crippen LogP contribution in [0.5, 0.6) is 0 Å². The van der Waals surface area contributed by atoms with Crippen LogP contribution < -0.4 is 37.4 Å². The average Bonchev–Trinajstić information content (AvgIpc) is 3.52. The number of benzene rings is 4. The van der Waals surface area contributed by atoms with Gasteiger partial charge in [-0.15, -0.1) is 35.3 Å². The second kappa shape index (κ2) is 23.8. The van der Waals surface area contributed by atoms with E-state index in [-0.39, 0.29) is 29.3 Å². The van der Waals surface area contributed by atoms with Crippen molar-refractivity contribution in [3.05, 3.63) is 145 Å². The van der Waals surface area contributed by atoms with Crippen LogP contribution in [0.25, 0.3) is 0 Å². The Morgan fingerprint density at radius 3 is 1.18 bits per heavy atom. The summed E-state index contributed by atoms with van der Waals surface area (Å²) < 4.78 is 12.1. The van der Waals surface area contributed by atoms with E-state index >= 15 is 0 Å². The number of thioether (sulfide) groups is 3. The van der Waals surface area contributed by atoms with E-state index in [4.69, 9.17) is 9.31 Å². The van der Waals surface area contributed by atoms with Crippen LogP contribution in [0.4, 0.5) is 48.6 Å². The van der Waals surface area contributed by atoms with E-state index in [0.717, 1.165) is 48.5 Å². The first-order valence-corrected chi connectivity index (χ1v) is 24.2. The molecule has 6 amide bonds. The molecule has 1 aliphatic rings. The minimum atomic E-state index is -0.409. The molecule has 3 heterocycles. The lowest BCUT2D eigenvalue weighted by molar-refractivity contribution is 0.00578. The first-order chi connectivity index (χ1) is 31.0. The predicted molar refractivity (Wildman–Crippen MR) is 273 cm³/mol. The van der Waals surface area contributed by atoms with Gasteiger partial charge in [-0.3, -0.25) is 10.3 Å². The van der Waals surface area contributed by atoms with Crippen molar-refractivity contribution in [2.75, 3.05) is 50.7 Å². The zero-order valence-corrected chi connectivity index (χ0v) is 40.4. The molecule has 0 bridgehead atoms. The molecule has 0 saturated carbocycles. The first-order valence-electron chi connectivity index (χ1n) is 20.5. The van der Waals surface area contributed by atoms with Crippen molar-refractivity contribution in [3.63, 3.8) is 0 Å². The van der Waals surface area contributed by atoms with Crippen LogP contribution in [0, 0.1) is 13.8 Å². The molecule has 13 nitrogen and oxygen atoms in total. The number of carbonyl (C=O) groups is 3. The molecule has 6 N–H and O–H groups in total. The minimum Gasteiger partial charge on any atom is -0.399 e. The highest BCUT2D eigenvalue weighted by Crippen LogP contribution is 2.36. The number of aromatic nitrogens is 2. The Labute approximate surface area is 395 Å². The zero-order valence-electron chi connectivity index (χ0n) is 37.9. The van der Waals surface area contributed by atoms with E-state index in [1.165, 1.54) is 0 Å². The summed E-state index contributed by atoms with van der Waals surface area (Å²) in [5.74, 6) is 0.531. The number of pyridine rings is 2. The molecule has 0 aliphatic carbocycles. The zero-order chi connectivity index (χ0) is 47.0. The molecule has 338 valence electrons. The number of amides is 6. The number of urea groups is 3. The fourth-order valence-electron chi connectivity index (χ4n) is 5.67. The Kier molecular flexibility index (Phi) is 18.3. The summed E-state index contributed by atoms with van der Waals surface area (Å²) in [6, 6.07) is 37.0. The molecule has 0 atom stereocenters. The average molecular weight is 931 g/mol. The normalized spacial score (nSPS) is 13.2. The summed E-state index contributed by atoms with van der Waals surface area (Å²) in [5, 5.41) is 16.6. The van der Waals surface area contributed by atoms with Crippen molar-refractivity contribution in [1.82, 2.24) is 9.97 Å². The molecule has 6 aromatic rings. The number of nitrogens with one attached hydrogen (secondary N) is 6. The maximum atomic E-state index is 12.2. The highest BCUT2D eigenvalue weighted by atomic mass is 32.2. The fraction of sp³-hybridized carbons (Fsp3) is 0.229. The molecule has 1 saturated heterocycles. The number of carbonyl (C=O) groups excluding carboxylic acids is 3. The van der Waals surface area contributed by atoms with Gasteiger partial charge < -0.3 is 35.9 Å². The van der Waals surface area contributed by atoms with Crippen LogP contribution in [-0.2, 0) is 9.31 Å². The maximum Gasteiger partial charge on any atom is 0.494 e. The topological polar surface area (TPSA) is 168 Å². The van der Waals surface area contributed by atoms with Crippen LogP contribution in [0.2, 0.25) is 0 Å². The van der Waals surface area contributed by atoms with Crippen LogP contribution in [0.1, 0.15) is 39.0 Å². The largest absolute Gasteiger partial charge is 0.494 e. The summed E-state index contributed by atoms with van der Waals surface area (Å²) in [6.07, 6.45) is 9.38. The molecule has 65 heavy (non-hydrogen) atoms. The third-order valence-corrected chi connectivity index (χ3v) is 12.3. The first kappa shape index (κ1) is 50.0. The lowest BCUT2D eigenvalue weighted by Gasteiger charge is -2.32. The van der Waals surface area contributed by atoms with Crippen molar-refractivity contribution < 1.29 is 23.7 Å². The fourth-order valence-corrected chi connectivity index (χ4v) is 6.90. The van der Waals surface area contributed by atoms with Gasteiger partial charge in [-0.2, -0.15) is 0 Å². The van der Waals surface area contributed by atoms with Crippen molar-refractivity contribution >= 4 is 100 Å². The summed E-state index contributed by atoms with van der Waals surface area (Å²) in [4.78, 5) is 47.4. The van der Waals surface area contributed by atoms with E-state index in [2.05, 4.69) is 41.9 Å². The molecule has 0 unspecified atom stereocenters. The standard InChI is InChI=1S/C20H25BN2O3S.2C14H15N3OS/c1-19(2)20(3,4)26-21(25-19)14-6-8-15(9-7-14)22-18(24)23-16-10-12-17(27-5)13-11-16;1-10-3-8-13(15-9-10)17-14(18)16-11-4-6-12(19-2)7-5-11;1-10-3-4-12(9-15-10)17-14(18)16-11-5-7-13(19-2)8-6-11/h6-13H,1-5H3,(H2,22,23,24);3-9H,1-2H3,(H2,15,16,17,18);3-9H,1-2H3,(H2,16,17,18). The monoisotopic (exact) mass is 930 g/mol. The number of hydrogen-bond acceptors (Lipinski definition) is 10. The highest BCUT2D eigenvalue weighted by molar-refractivity contribution is 7.99. The summed E-state index contributed by atoms with van der Waals surface area (Å²) in [6.45, 7) is 12.0. The van der Waals surface area contributed by atoms with E-state index in [9.17, 15) is 14.4 Å². The Balaban J connectivity index is 0.000000188. The van der Waals surface area contributed by atoms with Gasteiger partial charge in [0.2, 0.25) is 0 Å². The van der Waals surface area contributed by atoms with Crippen LogP contribution >= 0.6 is 35.3 Å². The minimum absolute atomic E-state index is 0.275. The van der Waals surface area contributed by atoms with Gasteiger partial charge in [0.25, 0.3) is 0 Å². The quantitative estimate of drug-likeness (QED) is 0.0575. The molecule has 0 spiro atoms. The van der Waals surface area contributed by atoms with Crippen molar-refractivity contribution in [1.29, 1.82) is 0 Å². The second-order valence-electron chi connectivity index (χ2n) is 15.5. The predicted octanol–water partition coefficient (Wildman–Crippen LogP) is 11.9. The van der Waals surface area contributed by atoms with E-state index in [0.29, 0.717) is 17.2 Å². The Hall–Kier alpha value is -5.98. The summed E-state index contributed by atoms with van der Waals surface area (Å²) >= 11 is 4.99. The number of aryl methyl sites for hydroxylation is 2. The molecular formula is C48H55BN8O5S3. The van der Waals surface area contributed by atoms with Crippen LogP contribution in [-0.4, -0.2) is 65.1 Å². The van der Waals surface area contributed by atoms with Gasteiger partial charge >= 0.3 is 25.2 Å². The Bertz CT molecular complexity index is 2340. The number of nitrogens with zero attached hydrogens (tertiary/aromatic N) is 2. The molecular weight excluding hydrogens is 876 g/mol. The molecule has 17 heteroatoms. The van der Waals surface area contributed by atoms with Gasteiger partial charge in [-0.1, -0.05) is 18.2 Å². The summed E-state index contributed by atoms with van der Waals surface area (Å²) in [7, 11) is -0.409. The Morgan fingerprint density at radius 1 is 0.462 bits per heavy atom. The van der Waals surface area contributed by atoms with E-state index in [1.54, 1.807) is 53.7 Å². The molecule has 0 radical (unpaired) electrons. The highest BCUT2D eigenvalue weighted by Gasteiger charge is 2.51. The maximum absolute atomic E-state index is 12.2. The van der Waals surface area contributed by atoms with Gasteiger partial charge in [0.1, 0.15) is 5.82 Å². The van der Waals surface area contributed by atoms with E-state index < -0.39 is 7.12 Å². The van der Waals surface area contributed by atoms with E-state index in [1.807, 2.05) is 176 Å². The van der Waals surface area contributed by atoms with Crippen molar-refractivity contribution in [3.8, 4) is 0 Å². The lowest BCUT2D eigenvalue weighted by Crippen LogP contribution is -2.41. The van der Waals surface area contributed by atoms with Gasteiger partial charge in [-0.25, -0.2) is 19.4 Å². The smallest absolute Gasteiger partial charge is 0.399 e. The molecule has 7 rings (SSSR count). The molecule has 1 aliphatic heterocycles. The number of hydrogen-bond donors (Lipinski definition) is 6. The summed E-state index contributed by atoms with van der Waals surface area (Å²) in [5.41, 5.74) is 5.78. The third kappa shape index (κ3) is 15.9. The van der Waals surface area contributed by atoms with Gasteiger partial charge in [-0.05, 0) is 174 Å². The number of rotatable bonds is 10. The Morgan fingerprint density at radius 2 is 0.831 bits per heavy atom.